The molecule has 0 aromatic carbocycles. The van der Waals surface area contributed by atoms with E-state index in [1.54, 1.807) is 10.9 Å². The van der Waals surface area contributed by atoms with Crippen LogP contribution in [-0.2, 0) is 13.6 Å². The van der Waals surface area contributed by atoms with Crippen molar-refractivity contribution in [3.63, 3.8) is 0 Å². The van der Waals surface area contributed by atoms with Crippen molar-refractivity contribution in [2.75, 3.05) is 6.54 Å². The van der Waals surface area contributed by atoms with Crippen LogP contribution < -0.4 is 10.6 Å². The summed E-state index contributed by atoms with van der Waals surface area (Å²) in [6.45, 7) is 2.83. The predicted octanol–water partition coefficient (Wildman–Crippen LogP) is 0.380. The highest BCUT2D eigenvalue weighted by Crippen LogP contribution is 1.95. The molecule has 0 radical (unpaired) electrons. The number of aryl methyl sites for hydroxylation is 1. The average Bonchev–Trinajstić information content (AvgIpc) is 2.72. The van der Waals surface area contributed by atoms with Crippen LogP contribution in [0.2, 0.25) is 0 Å². The van der Waals surface area contributed by atoms with Gasteiger partial charge in [0.15, 0.2) is 0 Å². The molecule has 0 saturated carbocycles. The maximum absolute atomic E-state index is 11.4. The fourth-order valence-corrected chi connectivity index (χ4v) is 1.36. The van der Waals surface area contributed by atoms with Crippen LogP contribution in [0.1, 0.15) is 25.5 Å². The highest BCUT2D eigenvalue weighted by Gasteiger charge is 2.04. The van der Waals surface area contributed by atoms with Crippen LogP contribution in [0, 0.1) is 0 Å². The molecule has 0 aliphatic carbocycles. The second kappa shape index (κ2) is 6.90. The van der Waals surface area contributed by atoms with Gasteiger partial charge in [0.05, 0.1) is 18.3 Å². The van der Waals surface area contributed by atoms with Crippen molar-refractivity contribution < 1.29 is 9.90 Å². The average molecular weight is 240 g/mol. The van der Waals surface area contributed by atoms with E-state index in [9.17, 15) is 9.90 Å². The molecule has 0 fully saturated rings. The van der Waals surface area contributed by atoms with Crippen LogP contribution in [0.15, 0.2) is 12.3 Å². The van der Waals surface area contributed by atoms with Gasteiger partial charge in [0.2, 0.25) is 0 Å². The number of amides is 2. The maximum Gasteiger partial charge on any atom is 0.315 e. The Kier molecular flexibility index (Phi) is 5.48. The summed E-state index contributed by atoms with van der Waals surface area (Å²) >= 11 is 0. The Morgan fingerprint density at radius 1 is 1.59 bits per heavy atom. The SMILES string of the molecule is CCC(O)CCNC(=O)NCc1ccnn1C. The van der Waals surface area contributed by atoms with Crippen LogP contribution in [0.5, 0.6) is 0 Å². The molecule has 1 atom stereocenters. The lowest BCUT2D eigenvalue weighted by Crippen LogP contribution is -2.36. The third-order valence-electron chi connectivity index (χ3n) is 2.59. The molecular weight excluding hydrogens is 220 g/mol. The molecular formula is C11H20N4O2. The van der Waals surface area contributed by atoms with E-state index < -0.39 is 0 Å². The van der Waals surface area contributed by atoms with Crippen LogP contribution in [0.25, 0.3) is 0 Å². The lowest BCUT2D eigenvalue weighted by Gasteiger charge is -2.10. The smallest absolute Gasteiger partial charge is 0.315 e. The minimum atomic E-state index is -0.340. The minimum Gasteiger partial charge on any atom is -0.393 e. The van der Waals surface area contributed by atoms with Gasteiger partial charge in [0, 0.05) is 19.8 Å². The molecule has 0 spiro atoms. The zero-order valence-electron chi connectivity index (χ0n) is 10.3. The number of aliphatic hydroxyl groups excluding tert-OH is 1. The first-order valence-corrected chi connectivity index (χ1v) is 5.80. The van der Waals surface area contributed by atoms with Gasteiger partial charge in [0.25, 0.3) is 0 Å². The van der Waals surface area contributed by atoms with Gasteiger partial charge in [-0.25, -0.2) is 4.79 Å². The van der Waals surface area contributed by atoms with Crippen molar-refractivity contribution >= 4 is 6.03 Å². The van der Waals surface area contributed by atoms with Crippen LogP contribution >= 0.6 is 0 Å². The zero-order chi connectivity index (χ0) is 12.7. The summed E-state index contributed by atoms with van der Waals surface area (Å²) < 4.78 is 1.71. The van der Waals surface area contributed by atoms with E-state index in [0.717, 1.165) is 5.69 Å². The fourth-order valence-electron chi connectivity index (χ4n) is 1.36. The molecule has 1 aromatic rings. The van der Waals surface area contributed by atoms with E-state index in [1.165, 1.54) is 0 Å². The van der Waals surface area contributed by atoms with E-state index in [2.05, 4.69) is 15.7 Å². The summed E-state index contributed by atoms with van der Waals surface area (Å²) in [7, 11) is 1.83. The number of rotatable bonds is 6. The number of carbonyl (C=O) groups excluding carboxylic acids is 1. The molecule has 96 valence electrons. The predicted molar refractivity (Wildman–Crippen MR) is 64.4 cm³/mol. The lowest BCUT2D eigenvalue weighted by molar-refractivity contribution is 0.160. The van der Waals surface area contributed by atoms with Crippen molar-refractivity contribution in [2.45, 2.75) is 32.4 Å². The number of carbonyl (C=O) groups is 1. The molecule has 6 heteroatoms. The van der Waals surface area contributed by atoms with Gasteiger partial charge in [-0.3, -0.25) is 4.68 Å². The number of hydrogen-bond donors (Lipinski definition) is 3. The Hall–Kier alpha value is -1.56. The molecule has 0 saturated heterocycles. The lowest BCUT2D eigenvalue weighted by atomic mass is 10.2. The van der Waals surface area contributed by atoms with E-state index in [1.807, 2.05) is 20.0 Å². The van der Waals surface area contributed by atoms with Gasteiger partial charge >= 0.3 is 6.03 Å². The second-order valence-corrected chi connectivity index (χ2v) is 3.91. The van der Waals surface area contributed by atoms with Gasteiger partial charge in [-0.2, -0.15) is 5.10 Å². The molecule has 17 heavy (non-hydrogen) atoms. The van der Waals surface area contributed by atoms with Crippen molar-refractivity contribution in [3.8, 4) is 0 Å². The highest BCUT2D eigenvalue weighted by molar-refractivity contribution is 5.73. The third kappa shape index (κ3) is 4.86. The number of aromatic nitrogens is 2. The van der Waals surface area contributed by atoms with Gasteiger partial charge < -0.3 is 15.7 Å². The van der Waals surface area contributed by atoms with Crippen LogP contribution in [0.3, 0.4) is 0 Å². The summed E-state index contributed by atoms with van der Waals surface area (Å²) in [4.78, 5) is 11.4. The molecule has 6 nitrogen and oxygen atoms in total. The van der Waals surface area contributed by atoms with E-state index in [4.69, 9.17) is 0 Å². The molecule has 1 rings (SSSR count). The van der Waals surface area contributed by atoms with Crippen molar-refractivity contribution in [1.82, 2.24) is 20.4 Å². The second-order valence-electron chi connectivity index (χ2n) is 3.91. The number of aliphatic hydroxyl groups is 1. The molecule has 2 amide bonds. The van der Waals surface area contributed by atoms with E-state index in [0.29, 0.717) is 25.9 Å². The normalized spacial score (nSPS) is 12.2. The monoisotopic (exact) mass is 240 g/mol. The van der Waals surface area contributed by atoms with Crippen LogP contribution in [-0.4, -0.2) is 33.6 Å². The topological polar surface area (TPSA) is 79.2 Å². The van der Waals surface area contributed by atoms with Crippen molar-refractivity contribution in [2.24, 2.45) is 7.05 Å². The molecule has 1 heterocycles. The van der Waals surface area contributed by atoms with E-state index >= 15 is 0 Å². The van der Waals surface area contributed by atoms with Gasteiger partial charge in [-0.15, -0.1) is 0 Å². The molecule has 0 aliphatic rings. The summed E-state index contributed by atoms with van der Waals surface area (Å²) in [5, 5.41) is 18.7. The Labute approximate surface area is 101 Å². The summed E-state index contributed by atoms with van der Waals surface area (Å²) in [5.41, 5.74) is 0.939. The fraction of sp³-hybridized carbons (Fsp3) is 0.636. The van der Waals surface area contributed by atoms with E-state index in [-0.39, 0.29) is 12.1 Å². The zero-order valence-corrected chi connectivity index (χ0v) is 10.3. The standard InChI is InChI=1S/C11H20N4O2/c1-3-10(16)5-6-12-11(17)13-8-9-4-7-14-15(9)2/h4,7,10,16H,3,5-6,8H2,1-2H3,(H2,12,13,17). The quantitative estimate of drug-likeness (QED) is 0.672. The molecule has 0 bridgehead atoms. The molecule has 1 aromatic heterocycles. The summed E-state index contributed by atoms with van der Waals surface area (Å²) in [6.07, 6.45) is 2.63. The number of nitrogens with one attached hydrogen (secondary N) is 2. The van der Waals surface area contributed by atoms with Gasteiger partial charge in [0.1, 0.15) is 0 Å². The maximum atomic E-state index is 11.4. The Morgan fingerprint density at radius 2 is 2.35 bits per heavy atom. The molecule has 0 aliphatic heterocycles. The Morgan fingerprint density at radius 3 is 2.94 bits per heavy atom. The summed E-state index contributed by atoms with van der Waals surface area (Å²) in [6, 6.07) is 1.62. The summed E-state index contributed by atoms with van der Waals surface area (Å²) in [5.74, 6) is 0. The molecule has 1 unspecified atom stereocenters. The third-order valence-corrected chi connectivity index (χ3v) is 2.59. The first kappa shape index (κ1) is 13.5. The highest BCUT2D eigenvalue weighted by atomic mass is 16.3. The largest absolute Gasteiger partial charge is 0.393 e. The Balaban J connectivity index is 2.16. The van der Waals surface area contributed by atoms with Gasteiger partial charge in [-0.1, -0.05) is 6.92 Å². The molecule has 3 N–H and O–H groups in total. The van der Waals surface area contributed by atoms with Crippen molar-refractivity contribution in [3.05, 3.63) is 18.0 Å². The Bertz CT molecular complexity index is 351. The number of urea groups is 1. The first-order valence-electron chi connectivity index (χ1n) is 5.80. The first-order chi connectivity index (χ1) is 8.13. The minimum absolute atomic E-state index is 0.227. The van der Waals surface area contributed by atoms with Crippen LogP contribution in [0.4, 0.5) is 4.79 Å². The van der Waals surface area contributed by atoms with Gasteiger partial charge in [-0.05, 0) is 18.9 Å². The van der Waals surface area contributed by atoms with Crippen molar-refractivity contribution in [1.29, 1.82) is 0 Å². The number of nitrogens with zero attached hydrogens (tertiary/aromatic N) is 2. The number of hydrogen-bond acceptors (Lipinski definition) is 3.